The van der Waals surface area contributed by atoms with E-state index < -0.39 is 0 Å². The molecule has 0 saturated carbocycles. The lowest BCUT2D eigenvalue weighted by Gasteiger charge is -2.06. The van der Waals surface area contributed by atoms with Crippen LogP contribution in [0, 0.1) is 13.8 Å². The van der Waals surface area contributed by atoms with Crippen molar-refractivity contribution in [2.24, 2.45) is 0 Å². The smallest absolute Gasteiger partial charge is 0.291 e. The molecule has 0 aliphatic carbocycles. The maximum Gasteiger partial charge on any atom is 0.291 e. The van der Waals surface area contributed by atoms with Crippen LogP contribution >= 0.6 is 0 Å². The average Bonchev–Trinajstić information content (AvgIpc) is 3.02. The molecule has 8 heteroatoms. The van der Waals surface area contributed by atoms with E-state index in [-0.39, 0.29) is 11.7 Å². The molecule has 0 spiro atoms. The molecular formula is C16H19N7O. The Morgan fingerprint density at radius 1 is 1.17 bits per heavy atom. The first-order valence-corrected chi connectivity index (χ1v) is 7.76. The Balaban J connectivity index is 1.46. The van der Waals surface area contributed by atoms with Crippen molar-refractivity contribution >= 4 is 17.5 Å². The van der Waals surface area contributed by atoms with Gasteiger partial charge in [-0.25, -0.2) is 14.5 Å². The molecule has 0 aromatic carbocycles. The zero-order chi connectivity index (χ0) is 16.9. The van der Waals surface area contributed by atoms with Gasteiger partial charge >= 0.3 is 0 Å². The topological polar surface area (TPSA) is 97.1 Å². The number of pyridine rings is 1. The fourth-order valence-electron chi connectivity index (χ4n) is 2.16. The van der Waals surface area contributed by atoms with E-state index in [1.807, 2.05) is 38.2 Å². The third-order valence-electron chi connectivity index (χ3n) is 3.49. The molecular weight excluding hydrogens is 306 g/mol. The van der Waals surface area contributed by atoms with Gasteiger partial charge in [0.15, 0.2) is 0 Å². The summed E-state index contributed by atoms with van der Waals surface area (Å²) in [5.74, 6) is 1.08. The Morgan fingerprint density at radius 3 is 2.79 bits per heavy atom. The standard InChI is InChI=1S/C16H19N7O/c1-11-4-5-13(20-10-11)17-7-3-8-18-15(24)14-21-16-19-9-6-12(2)23(16)22-14/h4-6,9-10H,3,7-8H2,1-2H3,(H,17,20)(H,18,24). The van der Waals surface area contributed by atoms with Crippen molar-refractivity contribution in [1.82, 2.24) is 29.9 Å². The van der Waals surface area contributed by atoms with E-state index in [1.165, 1.54) is 0 Å². The molecule has 0 fully saturated rings. The lowest BCUT2D eigenvalue weighted by Crippen LogP contribution is -2.27. The summed E-state index contributed by atoms with van der Waals surface area (Å²) in [6.07, 6.45) is 4.23. The third-order valence-corrected chi connectivity index (χ3v) is 3.49. The molecule has 2 N–H and O–H groups in total. The number of nitrogens with one attached hydrogen (secondary N) is 2. The summed E-state index contributed by atoms with van der Waals surface area (Å²) in [6.45, 7) is 5.13. The summed E-state index contributed by atoms with van der Waals surface area (Å²) < 4.78 is 1.56. The number of anilines is 1. The maximum absolute atomic E-state index is 12.1. The third kappa shape index (κ3) is 3.65. The molecule has 3 aromatic heterocycles. The summed E-state index contributed by atoms with van der Waals surface area (Å²) in [6, 6.07) is 5.75. The van der Waals surface area contributed by atoms with Gasteiger partial charge < -0.3 is 10.6 Å². The predicted molar refractivity (Wildman–Crippen MR) is 89.9 cm³/mol. The zero-order valence-electron chi connectivity index (χ0n) is 13.7. The van der Waals surface area contributed by atoms with E-state index in [9.17, 15) is 4.79 Å². The highest BCUT2D eigenvalue weighted by Gasteiger charge is 2.13. The molecule has 124 valence electrons. The van der Waals surface area contributed by atoms with Crippen LogP contribution in [0.2, 0.25) is 0 Å². The Hall–Kier alpha value is -3.03. The Bertz CT molecular complexity index is 841. The zero-order valence-corrected chi connectivity index (χ0v) is 13.7. The fraction of sp³-hybridized carbons (Fsp3) is 0.312. The van der Waals surface area contributed by atoms with Gasteiger partial charge in [0.25, 0.3) is 11.7 Å². The molecule has 3 heterocycles. The average molecular weight is 325 g/mol. The number of aromatic nitrogens is 5. The number of hydrogen-bond donors (Lipinski definition) is 2. The van der Waals surface area contributed by atoms with Crippen LogP contribution in [-0.2, 0) is 0 Å². The molecule has 8 nitrogen and oxygen atoms in total. The van der Waals surface area contributed by atoms with Gasteiger partial charge in [0.2, 0.25) is 5.82 Å². The van der Waals surface area contributed by atoms with Crippen LogP contribution in [0.3, 0.4) is 0 Å². The summed E-state index contributed by atoms with van der Waals surface area (Å²) >= 11 is 0. The highest BCUT2D eigenvalue weighted by Crippen LogP contribution is 2.04. The Labute approximate surface area is 139 Å². The fourth-order valence-corrected chi connectivity index (χ4v) is 2.16. The lowest BCUT2D eigenvalue weighted by atomic mass is 10.3. The van der Waals surface area contributed by atoms with Crippen molar-refractivity contribution in [2.45, 2.75) is 20.3 Å². The number of carbonyl (C=O) groups excluding carboxylic acids is 1. The number of amides is 1. The highest BCUT2D eigenvalue weighted by molar-refractivity contribution is 5.90. The van der Waals surface area contributed by atoms with E-state index in [1.54, 1.807) is 10.7 Å². The maximum atomic E-state index is 12.1. The van der Waals surface area contributed by atoms with Crippen molar-refractivity contribution < 1.29 is 4.79 Å². The Kier molecular flexibility index (Phi) is 4.64. The van der Waals surface area contributed by atoms with Crippen molar-refractivity contribution in [3.05, 3.63) is 47.7 Å². The van der Waals surface area contributed by atoms with Gasteiger partial charge in [-0.2, -0.15) is 4.98 Å². The second kappa shape index (κ2) is 7.03. The van der Waals surface area contributed by atoms with Gasteiger partial charge in [0.05, 0.1) is 0 Å². The molecule has 0 atom stereocenters. The second-order valence-electron chi connectivity index (χ2n) is 5.49. The minimum atomic E-state index is -0.298. The van der Waals surface area contributed by atoms with E-state index in [2.05, 4.69) is 30.7 Å². The number of aryl methyl sites for hydroxylation is 2. The number of rotatable bonds is 6. The molecule has 3 rings (SSSR count). The minimum absolute atomic E-state index is 0.130. The van der Waals surface area contributed by atoms with Crippen LogP contribution in [0.4, 0.5) is 5.82 Å². The molecule has 0 saturated heterocycles. The van der Waals surface area contributed by atoms with Crippen molar-refractivity contribution in [1.29, 1.82) is 0 Å². The van der Waals surface area contributed by atoms with Crippen LogP contribution < -0.4 is 10.6 Å². The molecule has 24 heavy (non-hydrogen) atoms. The summed E-state index contributed by atoms with van der Waals surface area (Å²) in [5, 5.41) is 10.2. The molecule has 0 unspecified atom stereocenters. The van der Waals surface area contributed by atoms with E-state index in [0.717, 1.165) is 30.0 Å². The first kappa shape index (κ1) is 15.9. The first-order valence-electron chi connectivity index (χ1n) is 7.76. The molecule has 0 aliphatic heterocycles. The van der Waals surface area contributed by atoms with E-state index >= 15 is 0 Å². The molecule has 3 aromatic rings. The van der Waals surface area contributed by atoms with Gasteiger partial charge in [-0.15, -0.1) is 5.10 Å². The summed E-state index contributed by atoms with van der Waals surface area (Å²) in [4.78, 5) is 24.6. The molecule has 0 bridgehead atoms. The molecule has 0 aliphatic rings. The van der Waals surface area contributed by atoms with Crippen LogP contribution in [0.1, 0.15) is 28.3 Å². The quantitative estimate of drug-likeness (QED) is 0.664. The largest absolute Gasteiger partial charge is 0.370 e. The number of carbonyl (C=O) groups is 1. The number of nitrogens with zero attached hydrogens (tertiary/aromatic N) is 5. The monoisotopic (exact) mass is 325 g/mol. The van der Waals surface area contributed by atoms with Gasteiger partial charge in [-0.05, 0) is 38.0 Å². The van der Waals surface area contributed by atoms with Gasteiger partial charge in [-0.3, -0.25) is 4.79 Å². The normalized spacial score (nSPS) is 10.8. The SMILES string of the molecule is Cc1ccc(NCCCNC(=O)c2nc3nccc(C)n3n2)nc1. The number of fused-ring (bicyclic) bond motifs is 1. The van der Waals surface area contributed by atoms with Crippen molar-refractivity contribution in [2.75, 3.05) is 18.4 Å². The lowest BCUT2D eigenvalue weighted by molar-refractivity contribution is 0.0943. The summed E-state index contributed by atoms with van der Waals surface area (Å²) in [7, 11) is 0. The first-order chi connectivity index (χ1) is 11.6. The number of hydrogen-bond acceptors (Lipinski definition) is 6. The van der Waals surface area contributed by atoms with E-state index in [4.69, 9.17) is 0 Å². The van der Waals surface area contributed by atoms with Gasteiger partial charge in [0, 0.05) is 31.2 Å². The predicted octanol–water partition coefficient (Wildman–Crippen LogP) is 1.37. The summed E-state index contributed by atoms with van der Waals surface area (Å²) in [5.41, 5.74) is 2.00. The van der Waals surface area contributed by atoms with Crippen LogP contribution in [0.5, 0.6) is 0 Å². The minimum Gasteiger partial charge on any atom is -0.370 e. The van der Waals surface area contributed by atoms with Crippen LogP contribution in [0.15, 0.2) is 30.6 Å². The molecule has 1 amide bonds. The van der Waals surface area contributed by atoms with Crippen molar-refractivity contribution in [3.8, 4) is 0 Å². The van der Waals surface area contributed by atoms with Crippen LogP contribution in [0.25, 0.3) is 5.78 Å². The highest BCUT2D eigenvalue weighted by atomic mass is 16.2. The second-order valence-corrected chi connectivity index (χ2v) is 5.49. The molecule has 0 radical (unpaired) electrons. The van der Waals surface area contributed by atoms with E-state index in [0.29, 0.717) is 12.3 Å². The van der Waals surface area contributed by atoms with Crippen molar-refractivity contribution in [3.63, 3.8) is 0 Å². The Morgan fingerprint density at radius 2 is 2.04 bits per heavy atom. The van der Waals surface area contributed by atoms with Gasteiger partial charge in [-0.1, -0.05) is 6.07 Å². The van der Waals surface area contributed by atoms with Gasteiger partial charge in [0.1, 0.15) is 5.82 Å². The van der Waals surface area contributed by atoms with Crippen LogP contribution in [-0.4, -0.2) is 43.6 Å².